The van der Waals surface area contributed by atoms with Crippen molar-refractivity contribution in [3.8, 4) is 23.3 Å². The summed E-state index contributed by atoms with van der Waals surface area (Å²) in [6.07, 6.45) is 3.12. The maximum Gasteiger partial charge on any atom is 0.266 e. The summed E-state index contributed by atoms with van der Waals surface area (Å²) in [5, 5.41) is 12.1. The molecule has 1 N–H and O–H groups in total. The van der Waals surface area contributed by atoms with Crippen LogP contribution in [0.15, 0.2) is 59.1 Å². The number of carbonyl (C=O) groups excluding carboxylic acids is 1. The number of hydrogen-bond donors (Lipinski definition) is 1. The van der Waals surface area contributed by atoms with Gasteiger partial charge in [0.25, 0.3) is 5.91 Å². The molecule has 0 aliphatic rings. The number of amides is 1. The molecule has 1 amide bonds. The fourth-order valence-corrected chi connectivity index (χ4v) is 2.98. The summed E-state index contributed by atoms with van der Waals surface area (Å²) in [5.74, 6) is 1.19. The number of anilines is 1. The molecule has 29 heavy (non-hydrogen) atoms. The van der Waals surface area contributed by atoms with Gasteiger partial charge in [-0.15, -0.1) is 0 Å². The third-order valence-electron chi connectivity index (χ3n) is 3.70. The molecule has 7 heteroatoms. The largest absolute Gasteiger partial charge is 0.497 e. The molecule has 0 aliphatic heterocycles. The maximum atomic E-state index is 12.5. The van der Waals surface area contributed by atoms with E-state index >= 15 is 0 Å². The molecule has 0 heterocycles. The molecule has 0 radical (unpaired) electrons. The zero-order valence-electron chi connectivity index (χ0n) is 16.2. The second-order valence-corrected chi connectivity index (χ2v) is 6.57. The summed E-state index contributed by atoms with van der Waals surface area (Å²) in [4.78, 5) is 12.5. The number of methoxy groups -OCH3 is 1. The van der Waals surface area contributed by atoms with Gasteiger partial charge in [-0.25, -0.2) is 0 Å². The van der Waals surface area contributed by atoms with E-state index in [-0.39, 0.29) is 5.57 Å². The lowest BCUT2D eigenvalue weighted by Crippen LogP contribution is -2.13. The van der Waals surface area contributed by atoms with Gasteiger partial charge in [0.2, 0.25) is 0 Å². The van der Waals surface area contributed by atoms with Crippen molar-refractivity contribution in [3.63, 3.8) is 0 Å². The maximum absolute atomic E-state index is 12.5. The van der Waals surface area contributed by atoms with Crippen molar-refractivity contribution in [1.82, 2.24) is 0 Å². The number of halogens is 1. The molecule has 0 saturated heterocycles. The van der Waals surface area contributed by atoms with E-state index in [4.69, 9.17) is 14.2 Å². The monoisotopic (exact) mass is 456 g/mol. The van der Waals surface area contributed by atoms with Crippen LogP contribution in [0.1, 0.15) is 12.5 Å². The Morgan fingerprint density at radius 3 is 2.59 bits per heavy atom. The van der Waals surface area contributed by atoms with Gasteiger partial charge in [-0.05, 0) is 70.9 Å². The van der Waals surface area contributed by atoms with Crippen LogP contribution in [0.5, 0.6) is 17.2 Å². The second-order valence-electron chi connectivity index (χ2n) is 5.72. The molecule has 2 aromatic rings. The number of nitriles is 1. The smallest absolute Gasteiger partial charge is 0.266 e. The number of carbonyl (C=O) groups is 1. The molecule has 0 aliphatic carbocycles. The Hall–Kier alpha value is -3.24. The number of rotatable bonds is 9. The van der Waals surface area contributed by atoms with Crippen molar-refractivity contribution in [2.45, 2.75) is 6.92 Å². The Kier molecular flexibility index (Phi) is 8.31. The SMILES string of the molecule is C=CCOc1c(Br)cc(/C=C(/C#N)C(=O)Nc2ccc(OC)cc2)cc1OCC. The zero-order chi connectivity index (χ0) is 21.2. The van der Waals surface area contributed by atoms with Crippen LogP contribution in [0.2, 0.25) is 0 Å². The molecule has 6 nitrogen and oxygen atoms in total. The third kappa shape index (κ3) is 6.13. The third-order valence-corrected chi connectivity index (χ3v) is 4.29. The fraction of sp³-hybridized carbons (Fsp3) is 0.182. The minimum absolute atomic E-state index is 0.0464. The number of nitrogens with one attached hydrogen (secondary N) is 1. The lowest BCUT2D eigenvalue weighted by atomic mass is 10.1. The Labute approximate surface area is 178 Å². The van der Waals surface area contributed by atoms with E-state index in [1.54, 1.807) is 49.6 Å². The first-order valence-electron chi connectivity index (χ1n) is 8.79. The summed E-state index contributed by atoms with van der Waals surface area (Å²) in [5.41, 5.74) is 1.13. The minimum Gasteiger partial charge on any atom is -0.497 e. The van der Waals surface area contributed by atoms with Gasteiger partial charge < -0.3 is 19.5 Å². The Morgan fingerprint density at radius 2 is 2.00 bits per heavy atom. The van der Waals surface area contributed by atoms with Crippen molar-refractivity contribution >= 4 is 33.6 Å². The highest BCUT2D eigenvalue weighted by atomic mass is 79.9. The standard InChI is InChI=1S/C22H21BrN2O4/c1-4-10-29-21-19(23)12-15(13-20(21)28-5-2)11-16(14-24)22(26)25-17-6-8-18(27-3)9-7-17/h4,6-9,11-13H,1,5,10H2,2-3H3,(H,25,26)/b16-11-. The lowest BCUT2D eigenvalue weighted by molar-refractivity contribution is -0.112. The van der Waals surface area contributed by atoms with Gasteiger partial charge in [-0.1, -0.05) is 12.7 Å². The van der Waals surface area contributed by atoms with Gasteiger partial charge in [-0.3, -0.25) is 4.79 Å². The van der Waals surface area contributed by atoms with Gasteiger partial charge in [0.15, 0.2) is 11.5 Å². The molecule has 0 bridgehead atoms. The summed E-state index contributed by atoms with van der Waals surface area (Å²) in [6.45, 7) is 6.25. The van der Waals surface area contributed by atoms with Gasteiger partial charge >= 0.3 is 0 Å². The highest BCUT2D eigenvalue weighted by Gasteiger charge is 2.14. The molecule has 2 rings (SSSR count). The number of hydrogen-bond acceptors (Lipinski definition) is 5. The van der Waals surface area contributed by atoms with Crippen LogP contribution < -0.4 is 19.5 Å². The highest BCUT2D eigenvalue weighted by molar-refractivity contribution is 9.10. The first kappa shape index (κ1) is 22.1. The quantitative estimate of drug-likeness (QED) is 0.327. The molecule has 0 unspecified atom stereocenters. The van der Waals surface area contributed by atoms with Crippen molar-refractivity contribution < 1.29 is 19.0 Å². The Morgan fingerprint density at radius 1 is 1.28 bits per heavy atom. The average Bonchev–Trinajstić information content (AvgIpc) is 2.72. The highest BCUT2D eigenvalue weighted by Crippen LogP contribution is 2.37. The molecule has 0 atom stereocenters. The van der Waals surface area contributed by atoms with E-state index in [2.05, 4.69) is 27.8 Å². The van der Waals surface area contributed by atoms with E-state index in [1.807, 2.05) is 13.0 Å². The van der Waals surface area contributed by atoms with Gasteiger partial charge in [-0.2, -0.15) is 5.26 Å². The predicted molar refractivity (Wildman–Crippen MR) is 116 cm³/mol. The Balaban J connectivity index is 2.29. The van der Waals surface area contributed by atoms with Crippen LogP contribution in [0.4, 0.5) is 5.69 Å². The summed E-state index contributed by atoms with van der Waals surface area (Å²) in [6, 6.07) is 12.2. The fourth-order valence-electron chi connectivity index (χ4n) is 2.40. The second kappa shape index (κ2) is 10.9. The van der Waals surface area contributed by atoms with Crippen LogP contribution in [0, 0.1) is 11.3 Å². The molecule has 0 saturated carbocycles. The number of benzene rings is 2. The van der Waals surface area contributed by atoms with Crippen LogP contribution >= 0.6 is 15.9 Å². The Bertz CT molecular complexity index is 947. The van der Waals surface area contributed by atoms with Crippen LogP contribution in [0.25, 0.3) is 6.08 Å². The molecule has 2 aromatic carbocycles. The van der Waals surface area contributed by atoms with E-state index in [1.165, 1.54) is 6.08 Å². The van der Waals surface area contributed by atoms with Crippen LogP contribution in [-0.2, 0) is 4.79 Å². The number of nitrogens with zero attached hydrogens (tertiary/aromatic N) is 1. The van der Waals surface area contributed by atoms with Crippen LogP contribution in [0.3, 0.4) is 0 Å². The summed E-state index contributed by atoms with van der Waals surface area (Å²) >= 11 is 3.45. The van der Waals surface area contributed by atoms with Gasteiger partial charge in [0.1, 0.15) is 24.0 Å². The first-order valence-corrected chi connectivity index (χ1v) is 9.58. The average molecular weight is 457 g/mol. The van der Waals surface area contributed by atoms with E-state index in [0.29, 0.717) is 46.2 Å². The molecule has 0 aromatic heterocycles. The molecule has 150 valence electrons. The molecular weight excluding hydrogens is 436 g/mol. The molecular formula is C22H21BrN2O4. The topological polar surface area (TPSA) is 80.6 Å². The normalized spacial score (nSPS) is 10.6. The van der Waals surface area contributed by atoms with E-state index in [0.717, 1.165) is 0 Å². The first-order chi connectivity index (χ1) is 14.0. The lowest BCUT2D eigenvalue weighted by Gasteiger charge is -2.14. The molecule has 0 fully saturated rings. The van der Waals surface area contributed by atoms with Crippen molar-refractivity contribution in [3.05, 3.63) is 64.7 Å². The van der Waals surface area contributed by atoms with Crippen LogP contribution in [-0.4, -0.2) is 26.2 Å². The van der Waals surface area contributed by atoms with Crippen molar-refractivity contribution in [1.29, 1.82) is 5.26 Å². The van der Waals surface area contributed by atoms with Gasteiger partial charge in [0.05, 0.1) is 18.2 Å². The van der Waals surface area contributed by atoms with E-state index in [9.17, 15) is 10.1 Å². The van der Waals surface area contributed by atoms with Gasteiger partial charge in [0, 0.05) is 5.69 Å². The summed E-state index contributed by atoms with van der Waals surface area (Å²) in [7, 11) is 1.56. The minimum atomic E-state index is -0.515. The van der Waals surface area contributed by atoms with Crippen molar-refractivity contribution in [2.75, 3.05) is 25.6 Å². The predicted octanol–water partition coefficient (Wildman–Crippen LogP) is 4.97. The zero-order valence-corrected chi connectivity index (χ0v) is 17.8. The van der Waals surface area contributed by atoms with E-state index < -0.39 is 5.91 Å². The summed E-state index contributed by atoms with van der Waals surface area (Å²) < 4.78 is 17.0. The number of ether oxygens (including phenoxy) is 3. The van der Waals surface area contributed by atoms with Crippen molar-refractivity contribution in [2.24, 2.45) is 0 Å². The molecule has 0 spiro atoms.